The highest BCUT2D eigenvalue weighted by atomic mass is 16.1. The average Bonchev–Trinajstić information content (AvgIpc) is 3.40. The van der Waals surface area contributed by atoms with E-state index in [1.165, 1.54) is 0 Å². The van der Waals surface area contributed by atoms with Crippen LogP contribution in [-0.4, -0.2) is 0 Å². The van der Waals surface area contributed by atoms with Crippen LogP contribution in [0.5, 0.6) is 0 Å². The maximum absolute atomic E-state index is 13.4. The van der Waals surface area contributed by atoms with Crippen LogP contribution in [0.3, 0.4) is 0 Å². The summed E-state index contributed by atoms with van der Waals surface area (Å²) in [5.74, 6) is 0. The van der Waals surface area contributed by atoms with Crippen molar-refractivity contribution in [2.24, 2.45) is 0 Å². The molecule has 0 radical (unpaired) electrons. The molecule has 0 heterocycles. The van der Waals surface area contributed by atoms with Gasteiger partial charge in [0, 0.05) is 64.6 Å². The van der Waals surface area contributed by atoms with Gasteiger partial charge in [-0.15, -0.1) is 0 Å². The van der Waals surface area contributed by atoms with Gasteiger partial charge >= 0.3 is 0 Å². The average molecular weight is 873 g/mol. The van der Waals surface area contributed by atoms with Crippen LogP contribution in [-0.2, 0) is 0 Å². The molecule has 0 fully saturated rings. The van der Waals surface area contributed by atoms with Crippen molar-refractivity contribution < 1.29 is 0 Å². The molecule has 0 N–H and O–H groups in total. The Hall–Kier alpha value is -8.60. The van der Waals surface area contributed by atoms with E-state index in [0.29, 0.717) is 0 Å². The van der Waals surface area contributed by atoms with Crippen molar-refractivity contribution in [3.05, 3.63) is 211 Å². The summed E-state index contributed by atoms with van der Waals surface area (Å²) in [7, 11) is 0. The van der Waals surface area contributed by atoms with E-state index >= 15 is 0 Å². The van der Waals surface area contributed by atoms with Crippen molar-refractivity contribution in [1.29, 1.82) is 0 Å². The van der Waals surface area contributed by atoms with Crippen LogP contribution in [0.25, 0.3) is 151 Å². The summed E-state index contributed by atoms with van der Waals surface area (Å²) in [6, 6.07) is 56.4. The normalized spacial score (nSPS) is 12.1. The van der Waals surface area contributed by atoms with Crippen LogP contribution in [0.2, 0.25) is 0 Å². The molecule has 0 aliphatic heterocycles. The van der Waals surface area contributed by atoms with Gasteiger partial charge in [-0.25, -0.2) is 0 Å². The molecule has 0 aliphatic rings. The summed E-state index contributed by atoms with van der Waals surface area (Å²) in [6.07, 6.45) is 0. The smallest absolute Gasteiger partial charge is 0.194 e. The SMILES string of the molecule is CC.CC.O=c1c2ccccc2c2cc3ccc4c(=O)c5ccccc5c5cc6ccc1c2c6c3c45.O=c1c2ccccc2c2cc3ccc4c(=O)c5ccccc5c5cc6ccc1c2c6c3c45. The van der Waals surface area contributed by atoms with Gasteiger partial charge in [0.25, 0.3) is 0 Å². The van der Waals surface area contributed by atoms with Gasteiger partial charge in [0.2, 0.25) is 0 Å². The first-order valence-electron chi connectivity index (χ1n) is 23.6. The standard InChI is InChI=1S/2C30H14O2.2C2H6/c2*31-29-19-7-3-1-5-17(19)23-13-15-9-12-22-28-24(18-6-2-4-8-20(18)30(22)32)14-16-10-11-21(29)27(23)25(16)26(15)28;2*1-2/h2*1-14H;2*1-2H3. The number of fused-ring (bicyclic) bond motifs is 8. The number of benzene rings is 16. The van der Waals surface area contributed by atoms with E-state index in [1.807, 2.05) is 149 Å². The van der Waals surface area contributed by atoms with Crippen molar-refractivity contribution in [3.8, 4) is 0 Å². The second-order valence-corrected chi connectivity index (χ2v) is 17.5. The highest BCUT2D eigenvalue weighted by Crippen LogP contribution is 2.47. The maximum Gasteiger partial charge on any atom is 0.194 e. The third-order valence-electron chi connectivity index (χ3n) is 14.6. The Kier molecular flexibility index (Phi) is 8.44. The Balaban J connectivity index is 0.000000126. The predicted octanol–water partition coefficient (Wildman–Crippen LogP) is 15.6. The Labute approximate surface area is 387 Å². The predicted molar refractivity (Wildman–Crippen MR) is 293 cm³/mol. The van der Waals surface area contributed by atoms with Gasteiger partial charge < -0.3 is 0 Å². The lowest BCUT2D eigenvalue weighted by atomic mass is 9.84. The van der Waals surface area contributed by atoms with Crippen molar-refractivity contribution >= 4 is 151 Å². The molecule has 16 aromatic rings. The molecule has 4 nitrogen and oxygen atoms in total. The maximum atomic E-state index is 13.4. The highest BCUT2D eigenvalue weighted by Gasteiger charge is 2.23. The first-order chi connectivity index (χ1) is 33.4. The molecule has 0 saturated carbocycles. The number of hydrogen-bond donors (Lipinski definition) is 0. The summed E-state index contributed by atoms with van der Waals surface area (Å²) >= 11 is 0. The largest absolute Gasteiger partial charge is 0.289 e. The molecule has 16 rings (SSSR count). The minimum atomic E-state index is 0.0694. The van der Waals surface area contributed by atoms with Gasteiger partial charge in [-0.3, -0.25) is 19.2 Å². The molecular weight excluding hydrogens is 833 g/mol. The van der Waals surface area contributed by atoms with E-state index in [1.54, 1.807) is 0 Å². The molecule has 68 heavy (non-hydrogen) atoms. The van der Waals surface area contributed by atoms with Crippen molar-refractivity contribution in [2.75, 3.05) is 0 Å². The molecular formula is C64H40O4. The summed E-state index contributed by atoms with van der Waals surface area (Å²) in [6.45, 7) is 8.00. The van der Waals surface area contributed by atoms with E-state index < -0.39 is 0 Å². The van der Waals surface area contributed by atoms with Crippen molar-refractivity contribution in [2.45, 2.75) is 27.7 Å². The second kappa shape index (κ2) is 14.4. The highest BCUT2D eigenvalue weighted by molar-refractivity contribution is 6.42. The van der Waals surface area contributed by atoms with E-state index in [-0.39, 0.29) is 21.7 Å². The fourth-order valence-electron chi connectivity index (χ4n) is 11.9. The van der Waals surface area contributed by atoms with Gasteiger partial charge in [-0.1, -0.05) is 149 Å². The zero-order chi connectivity index (χ0) is 46.3. The summed E-state index contributed by atoms with van der Waals surface area (Å²) < 4.78 is 0. The fourth-order valence-corrected chi connectivity index (χ4v) is 11.9. The van der Waals surface area contributed by atoms with Crippen LogP contribution >= 0.6 is 0 Å². The van der Waals surface area contributed by atoms with E-state index in [2.05, 4.69) is 48.5 Å². The molecule has 0 unspecified atom stereocenters. The molecule has 0 saturated heterocycles. The van der Waals surface area contributed by atoms with Crippen molar-refractivity contribution in [1.82, 2.24) is 0 Å². The minimum Gasteiger partial charge on any atom is -0.289 e. The molecule has 0 aliphatic carbocycles. The van der Waals surface area contributed by atoms with Crippen LogP contribution in [0.15, 0.2) is 189 Å². The molecule has 0 bridgehead atoms. The lowest BCUT2D eigenvalue weighted by Crippen LogP contribution is -2.06. The van der Waals surface area contributed by atoms with Crippen LogP contribution in [0, 0.1) is 0 Å². The van der Waals surface area contributed by atoms with E-state index in [0.717, 1.165) is 151 Å². The third-order valence-corrected chi connectivity index (χ3v) is 14.6. The van der Waals surface area contributed by atoms with E-state index in [4.69, 9.17) is 0 Å². The van der Waals surface area contributed by atoms with Gasteiger partial charge in [0.1, 0.15) is 0 Å². The molecule has 320 valence electrons. The lowest BCUT2D eigenvalue weighted by molar-refractivity contribution is 1.50. The number of rotatable bonds is 0. The minimum absolute atomic E-state index is 0.0694. The molecule has 0 spiro atoms. The Morgan fingerprint density at radius 1 is 0.191 bits per heavy atom. The Morgan fingerprint density at radius 2 is 0.382 bits per heavy atom. The molecule has 0 atom stereocenters. The lowest BCUT2D eigenvalue weighted by Gasteiger charge is -2.18. The third kappa shape index (κ3) is 4.98. The number of hydrogen-bond acceptors (Lipinski definition) is 4. The Morgan fingerprint density at radius 3 is 0.588 bits per heavy atom. The summed E-state index contributed by atoms with van der Waals surface area (Å²) in [4.78, 5) is 53.6. The fraction of sp³-hybridized carbons (Fsp3) is 0.0625. The molecule has 0 aromatic heterocycles. The van der Waals surface area contributed by atoms with Gasteiger partial charge in [-0.05, 0) is 135 Å². The van der Waals surface area contributed by atoms with Gasteiger partial charge in [-0.2, -0.15) is 0 Å². The van der Waals surface area contributed by atoms with Crippen LogP contribution in [0.4, 0.5) is 0 Å². The topological polar surface area (TPSA) is 68.3 Å². The second-order valence-electron chi connectivity index (χ2n) is 17.5. The van der Waals surface area contributed by atoms with Gasteiger partial charge in [0.05, 0.1) is 0 Å². The summed E-state index contributed by atoms with van der Waals surface area (Å²) in [5.41, 5.74) is 0.278. The first kappa shape index (κ1) is 39.7. The first-order valence-corrected chi connectivity index (χ1v) is 23.6. The molecule has 16 aromatic carbocycles. The summed E-state index contributed by atoms with van der Waals surface area (Å²) in [5, 5.41) is 27.1. The van der Waals surface area contributed by atoms with Crippen LogP contribution in [0.1, 0.15) is 27.7 Å². The molecule has 4 heteroatoms. The van der Waals surface area contributed by atoms with Crippen molar-refractivity contribution in [3.63, 3.8) is 0 Å². The zero-order valence-corrected chi connectivity index (χ0v) is 37.8. The zero-order valence-electron chi connectivity index (χ0n) is 37.8. The van der Waals surface area contributed by atoms with Gasteiger partial charge in [0.15, 0.2) is 21.7 Å². The Bertz CT molecular complexity index is 4350. The molecule has 0 amide bonds. The van der Waals surface area contributed by atoms with Crippen LogP contribution < -0.4 is 21.7 Å². The van der Waals surface area contributed by atoms with E-state index in [9.17, 15) is 19.2 Å². The monoisotopic (exact) mass is 872 g/mol. The quantitative estimate of drug-likeness (QED) is 0.112.